The molecule has 1 fully saturated rings. The number of hydrogen-bond acceptors (Lipinski definition) is 5. The first-order chi connectivity index (χ1) is 12.6. The average molecular weight is 372 g/mol. The summed E-state index contributed by atoms with van der Waals surface area (Å²) >= 11 is 1.89. The number of fused-ring (bicyclic) bond motifs is 1. The molecule has 2 atom stereocenters. The van der Waals surface area contributed by atoms with E-state index >= 15 is 0 Å². The molecule has 0 spiro atoms. The topological polar surface area (TPSA) is 56.9 Å². The third kappa shape index (κ3) is 3.41. The van der Waals surface area contributed by atoms with Gasteiger partial charge in [-0.3, -0.25) is 9.69 Å². The van der Waals surface area contributed by atoms with E-state index in [-0.39, 0.29) is 11.9 Å². The van der Waals surface area contributed by atoms with Crippen molar-refractivity contribution < 1.29 is 14.3 Å². The van der Waals surface area contributed by atoms with Crippen LogP contribution in [-0.4, -0.2) is 58.8 Å². The number of furan rings is 1. The van der Waals surface area contributed by atoms with Gasteiger partial charge >= 0.3 is 0 Å². The number of carbonyl (C=O) groups excluding carboxylic acids is 1. The van der Waals surface area contributed by atoms with Crippen molar-refractivity contribution >= 4 is 17.7 Å². The Morgan fingerprint density at radius 2 is 2.04 bits per heavy atom. The van der Waals surface area contributed by atoms with Gasteiger partial charge in [0.05, 0.1) is 12.4 Å². The van der Waals surface area contributed by atoms with E-state index < -0.39 is 6.10 Å². The summed E-state index contributed by atoms with van der Waals surface area (Å²) < 4.78 is 5.21. The molecule has 26 heavy (non-hydrogen) atoms. The van der Waals surface area contributed by atoms with Gasteiger partial charge in [0.15, 0.2) is 5.76 Å². The molecule has 1 N–H and O–H groups in total. The number of thioether (sulfide) groups is 1. The Morgan fingerprint density at radius 3 is 2.77 bits per heavy atom. The SMILES string of the molecule is CC(C(O)c1ccc2c(c1)CCS2)N1CCN(C(=O)c2ccco2)CC1. The molecular weight excluding hydrogens is 348 g/mol. The van der Waals surface area contributed by atoms with Gasteiger partial charge in [-0.1, -0.05) is 12.1 Å². The zero-order valence-electron chi connectivity index (χ0n) is 14.9. The van der Waals surface area contributed by atoms with Crippen LogP contribution < -0.4 is 0 Å². The molecule has 0 radical (unpaired) electrons. The molecule has 1 saturated heterocycles. The first kappa shape index (κ1) is 17.6. The molecule has 2 unspecified atom stereocenters. The Kier molecular flexibility index (Phi) is 5.07. The van der Waals surface area contributed by atoms with Gasteiger partial charge in [-0.2, -0.15) is 0 Å². The molecule has 2 aromatic rings. The van der Waals surface area contributed by atoms with Gasteiger partial charge in [0.25, 0.3) is 5.91 Å². The van der Waals surface area contributed by atoms with E-state index in [1.54, 1.807) is 12.1 Å². The Morgan fingerprint density at radius 1 is 1.23 bits per heavy atom. The van der Waals surface area contributed by atoms with Gasteiger partial charge in [0.2, 0.25) is 0 Å². The Balaban J connectivity index is 1.37. The van der Waals surface area contributed by atoms with Crippen molar-refractivity contribution in [3.05, 3.63) is 53.5 Å². The van der Waals surface area contributed by atoms with Gasteiger partial charge in [0, 0.05) is 42.9 Å². The van der Waals surface area contributed by atoms with Gasteiger partial charge < -0.3 is 14.4 Å². The standard InChI is InChI=1S/C20H24N2O3S/c1-14(19(23)16-4-5-18-15(13-16)6-12-26-18)21-7-9-22(10-8-21)20(24)17-3-2-11-25-17/h2-5,11,13-14,19,23H,6-10,12H2,1H3. The maximum atomic E-state index is 12.4. The molecule has 0 aliphatic carbocycles. The quantitative estimate of drug-likeness (QED) is 0.894. The number of aryl methyl sites for hydroxylation is 1. The fourth-order valence-electron chi connectivity index (χ4n) is 3.76. The lowest BCUT2D eigenvalue weighted by atomic mass is 9.99. The van der Waals surface area contributed by atoms with Crippen LogP contribution in [-0.2, 0) is 6.42 Å². The van der Waals surface area contributed by atoms with E-state index in [0.717, 1.165) is 30.8 Å². The highest BCUT2D eigenvalue weighted by atomic mass is 32.2. The summed E-state index contributed by atoms with van der Waals surface area (Å²) in [7, 11) is 0. The summed E-state index contributed by atoms with van der Waals surface area (Å²) in [5, 5.41) is 10.9. The minimum atomic E-state index is -0.516. The summed E-state index contributed by atoms with van der Waals surface area (Å²) in [6.45, 7) is 4.88. The fraction of sp³-hybridized carbons (Fsp3) is 0.450. The van der Waals surface area contributed by atoms with Gasteiger partial charge in [-0.25, -0.2) is 0 Å². The normalized spacial score (nSPS) is 20.0. The van der Waals surface area contributed by atoms with Crippen molar-refractivity contribution in [2.45, 2.75) is 30.4 Å². The van der Waals surface area contributed by atoms with Crippen LogP contribution in [0.2, 0.25) is 0 Å². The third-order valence-electron chi connectivity index (χ3n) is 5.42. The molecular formula is C20H24N2O3S. The van der Waals surface area contributed by atoms with Crippen LogP contribution in [0.15, 0.2) is 45.9 Å². The molecule has 6 heteroatoms. The number of hydrogen-bond donors (Lipinski definition) is 1. The Bertz CT molecular complexity index is 769. The maximum Gasteiger partial charge on any atom is 0.289 e. The number of carbonyl (C=O) groups is 1. The maximum absolute atomic E-state index is 12.4. The van der Waals surface area contributed by atoms with Crippen LogP contribution in [0.5, 0.6) is 0 Å². The Hall–Kier alpha value is -1.76. The number of aliphatic hydroxyl groups excluding tert-OH is 1. The van der Waals surface area contributed by atoms with E-state index in [2.05, 4.69) is 30.0 Å². The van der Waals surface area contributed by atoms with Gasteiger partial charge in [-0.05, 0) is 42.7 Å². The molecule has 2 aliphatic heterocycles. The monoisotopic (exact) mass is 372 g/mol. The number of piperazine rings is 1. The van der Waals surface area contributed by atoms with Crippen molar-refractivity contribution in [1.82, 2.24) is 9.80 Å². The zero-order chi connectivity index (χ0) is 18.1. The Labute approximate surface area is 158 Å². The molecule has 0 saturated carbocycles. The van der Waals surface area contributed by atoms with E-state index in [4.69, 9.17) is 4.42 Å². The number of aliphatic hydroxyl groups is 1. The van der Waals surface area contributed by atoms with E-state index in [1.165, 1.54) is 16.7 Å². The van der Waals surface area contributed by atoms with Gasteiger partial charge in [0.1, 0.15) is 0 Å². The summed E-state index contributed by atoms with van der Waals surface area (Å²) in [5.41, 5.74) is 2.35. The molecule has 138 valence electrons. The van der Waals surface area contributed by atoms with Crippen LogP contribution >= 0.6 is 11.8 Å². The molecule has 2 aliphatic rings. The lowest BCUT2D eigenvalue weighted by Gasteiger charge is -2.39. The molecule has 5 nitrogen and oxygen atoms in total. The second-order valence-electron chi connectivity index (χ2n) is 6.96. The largest absolute Gasteiger partial charge is 0.459 e. The highest BCUT2D eigenvalue weighted by Crippen LogP contribution is 2.34. The molecule has 4 rings (SSSR count). The smallest absolute Gasteiger partial charge is 0.289 e. The van der Waals surface area contributed by atoms with Crippen molar-refractivity contribution in [3.8, 4) is 0 Å². The fourth-order valence-corrected chi connectivity index (χ4v) is 4.81. The first-order valence-corrected chi connectivity index (χ1v) is 10.1. The predicted molar refractivity (Wildman–Crippen MR) is 101 cm³/mol. The zero-order valence-corrected chi connectivity index (χ0v) is 15.7. The minimum Gasteiger partial charge on any atom is -0.459 e. The molecule has 1 amide bonds. The van der Waals surface area contributed by atoms with Crippen LogP contribution in [0, 0.1) is 0 Å². The second-order valence-corrected chi connectivity index (χ2v) is 8.09. The molecule has 0 bridgehead atoms. The highest BCUT2D eigenvalue weighted by molar-refractivity contribution is 7.99. The lowest BCUT2D eigenvalue weighted by molar-refractivity contribution is 0.0233. The number of nitrogens with zero attached hydrogens (tertiary/aromatic N) is 2. The average Bonchev–Trinajstić information content (AvgIpc) is 3.37. The van der Waals surface area contributed by atoms with Crippen molar-refractivity contribution in [2.24, 2.45) is 0 Å². The van der Waals surface area contributed by atoms with Crippen molar-refractivity contribution in [2.75, 3.05) is 31.9 Å². The number of benzene rings is 1. The third-order valence-corrected chi connectivity index (χ3v) is 6.54. The first-order valence-electron chi connectivity index (χ1n) is 9.14. The number of amides is 1. The van der Waals surface area contributed by atoms with E-state index in [0.29, 0.717) is 18.8 Å². The summed E-state index contributed by atoms with van der Waals surface area (Å²) in [5.74, 6) is 1.47. The van der Waals surface area contributed by atoms with Crippen LogP contribution in [0.3, 0.4) is 0 Å². The van der Waals surface area contributed by atoms with Crippen LogP contribution in [0.4, 0.5) is 0 Å². The van der Waals surface area contributed by atoms with E-state index in [1.807, 2.05) is 16.7 Å². The van der Waals surface area contributed by atoms with Crippen LogP contribution in [0.25, 0.3) is 0 Å². The highest BCUT2D eigenvalue weighted by Gasteiger charge is 2.29. The molecule has 1 aromatic carbocycles. The van der Waals surface area contributed by atoms with Crippen LogP contribution in [0.1, 0.15) is 34.7 Å². The minimum absolute atomic E-state index is 0.0166. The van der Waals surface area contributed by atoms with Crippen molar-refractivity contribution in [1.29, 1.82) is 0 Å². The summed E-state index contributed by atoms with van der Waals surface area (Å²) in [4.78, 5) is 17.8. The van der Waals surface area contributed by atoms with Gasteiger partial charge in [-0.15, -0.1) is 11.8 Å². The lowest BCUT2D eigenvalue weighted by Crippen LogP contribution is -2.52. The number of rotatable bonds is 4. The second kappa shape index (κ2) is 7.47. The van der Waals surface area contributed by atoms with Crippen molar-refractivity contribution in [3.63, 3.8) is 0 Å². The predicted octanol–water partition coefficient (Wildman–Crippen LogP) is 2.81. The summed E-state index contributed by atoms with van der Waals surface area (Å²) in [6, 6.07) is 9.80. The molecule has 1 aromatic heterocycles. The summed E-state index contributed by atoms with van der Waals surface area (Å²) in [6.07, 6.45) is 2.10. The van der Waals surface area contributed by atoms with E-state index in [9.17, 15) is 9.90 Å². The molecule has 3 heterocycles.